The van der Waals surface area contributed by atoms with Gasteiger partial charge in [-0.2, -0.15) is 0 Å². The quantitative estimate of drug-likeness (QED) is 0.397. The average molecular weight is 406 g/mol. The van der Waals surface area contributed by atoms with Crippen molar-refractivity contribution in [3.8, 4) is 5.75 Å². The Morgan fingerprint density at radius 3 is 2.41 bits per heavy atom. The van der Waals surface area contributed by atoms with E-state index in [1.807, 2.05) is 0 Å². The SMILES string of the molecule is COC(=O)COc1ccc(C(=O)CN2CCNC(C(=O)OC(C)(C)C)C2=O)cc1. The Morgan fingerprint density at radius 1 is 1.17 bits per heavy atom. The molecule has 0 radical (unpaired) electrons. The van der Waals surface area contributed by atoms with Crippen LogP contribution in [0, 0.1) is 0 Å². The number of piperazine rings is 1. The highest BCUT2D eigenvalue weighted by Crippen LogP contribution is 2.15. The van der Waals surface area contributed by atoms with E-state index in [4.69, 9.17) is 9.47 Å². The molecule has 9 heteroatoms. The van der Waals surface area contributed by atoms with Gasteiger partial charge in [0, 0.05) is 18.7 Å². The van der Waals surface area contributed by atoms with Crippen LogP contribution in [0.4, 0.5) is 0 Å². The molecule has 1 amide bonds. The van der Waals surface area contributed by atoms with Gasteiger partial charge in [-0.25, -0.2) is 9.59 Å². The number of carbonyl (C=O) groups excluding carboxylic acids is 4. The van der Waals surface area contributed by atoms with Crippen molar-refractivity contribution in [2.75, 3.05) is 33.4 Å². The van der Waals surface area contributed by atoms with Crippen LogP contribution in [0.1, 0.15) is 31.1 Å². The normalized spacial score (nSPS) is 16.9. The van der Waals surface area contributed by atoms with Crippen molar-refractivity contribution in [2.45, 2.75) is 32.4 Å². The van der Waals surface area contributed by atoms with E-state index in [0.717, 1.165) is 0 Å². The van der Waals surface area contributed by atoms with Gasteiger partial charge in [-0.1, -0.05) is 0 Å². The number of methoxy groups -OCH3 is 1. The van der Waals surface area contributed by atoms with Gasteiger partial charge in [0.1, 0.15) is 11.4 Å². The third kappa shape index (κ3) is 6.56. The Labute approximate surface area is 169 Å². The van der Waals surface area contributed by atoms with Gasteiger partial charge in [0.2, 0.25) is 0 Å². The van der Waals surface area contributed by atoms with E-state index in [1.165, 1.54) is 12.0 Å². The van der Waals surface area contributed by atoms with Crippen molar-refractivity contribution in [3.63, 3.8) is 0 Å². The fourth-order valence-electron chi connectivity index (χ4n) is 2.63. The number of hydrogen-bond donors (Lipinski definition) is 1. The zero-order chi connectivity index (χ0) is 21.6. The molecule has 1 aromatic carbocycles. The van der Waals surface area contributed by atoms with Crippen LogP contribution in [0.5, 0.6) is 5.75 Å². The minimum absolute atomic E-state index is 0.151. The molecular formula is C20H26N2O7. The van der Waals surface area contributed by atoms with Gasteiger partial charge in [0.15, 0.2) is 18.4 Å². The summed E-state index contributed by atoms with van der Waals surface area (Å²) in [4.78, 5) is 49.8. The third-order valence-corrected chi connectivity index (χ3v) is 4.03. The Bertz CT molecular complexity index is 768. The zero-order valence-electron chi connectivity index (χ0n) is 17.0. The molecule has 9 nitrogen and oxygen atoms in total. The summed E-state index contributed by atoms with van der Waals surface area (Å²) >= 11 is 0. The van der Waals surface area contributed by atoms with E-state index in [2.05, 4.69) is 10.1 Å². The molecule has 0 aromatic heterocycles. The van der Waals surface area contributed by atoms with Crippen molar-refractivity contribution in [3.05, 3.63) is 29.8 Å². The molecule has 1 aromatic rings. The molecule has 2 rings (SSSR count). The summed E-state index contributed by atoms with van der Waals surface area (Å²) in [5, 5.41) is 2.84. The molecule has 1 heterocycles. The first kappa shape index (κ1) is 22.4. The van der Waals surface area contributed by atoms with Crippen molar-refractivity contribution in [2.24, 2.45) is 0 Å². The molecule has 1 N–H and O–H groups in total. The number of amides is 1. The van der Waals surface area contributed by atoms with Crippen LogP contribution < -0.4 is 10.1 Å². The second-order valence-electron chi connectivity index (χ2n) is 7.49. The predicted molar refractivity (Wildman–Crippen MR) is 102 cm³/mol. The molecule has 0 saturated carbocycles. The standard InChI is InChI=1S/C20H26N2O7/c1-20(2,3)29-19(26)17-18(25)22(10-9-21-17)11-15(23)13-5-7-14(8-6-13)28-12-16(24)27-4/h5-8,17,21H,9-12H2,1-4H3. The van der Waals surface area contributed by atoms with Crippen LogP contribution in [0.25, 0.3) is 0 Å². The number of hydrogen-bond acceptors (Lipinski definition) is 8. The number of ether oxygens (including phenoxy) is 3. The minimum atomic E-state index is -1.12. The lowest BCUT2D eigenvalue weighted by Crippen LogP contribution is -2.60. The maximum atomic E-state index is 12.6. The van der Waals surface area contributed by atoms with E-state index < -0.39 is 29.5 Å². The summed E-state index contributed by atoms with van der Waals surface area (Å²) < 4.78 is 15.0. The lowest BCUT2D eigenvalue weighted by molar-refractivity contribution is -0.162. The molecule has 1 aliphatic rings. The largest absolute Gasteiger partial charge is 0.482 e. The number of nitrogens with one attached hydrogen (secondary N) is 1. The number of ketones is 1. The van der Waals surface area contributed by atoms with Crippen molar-refractivity contribution in [1.82, 2.24) is 10.2 Å². The predicted octanol–water partition coefficient (Wildman–Crippen LogP) is 0.563. The highest BCUT2D eigenvalue weighted by molar-refractivity contribution is 6.05. The van der Waals surface area contributed by atoms with E-state index >= 15 is 0 Å². The van der Waals surface area contributed by atoms with E-state index in [1.54, 1.807) is 45.0 Å². The molecule has 29 heavy (non-hydrogen) atoms. The lowest BCUT2D eigenvalue weighted by Gasteiger charge is -2.33. The smallest absolute Gasteiger partial charge is 0.343 e. The van der Waals surface area contributed by atoms with Gasteiger partial charge in [0.05, 0.1) is 13.7 Å². The topological polar surface area (TPSA) is 111 Å². The van der Waals surface area contributed by atoms with Gasteiger partial charge in [-0.3, -0.25) is 14.9 Å². The fourth-order valence-corrected chi connectivity index (χ4v) is 2.63. The molecule has 0 spiro atoms. The first-order valence-electron chi connectivity index (χ1n) is 9.18. The van der Waals surface area contributed by atoms with Gasteiger partial charge < -0.3 is 19.1 Å². The third-order valence-electron chi connectivity index (χ3n) is 4.03. The summed E-state index contributed by atoms with van der Waals surface area (Å²) in [5.74, 6) is -1.52. The molecule has 1 saturated heterocycles. The van der Waals surface area contributed by atoms with E-state index in [9.17, 15) is 19.2 Å². The van der Waals surface area contributed by atoms with Crippen molar-refractivity contribution >= 4 is 23.6 Å². The second kappa shape index (κ2) is 9.51. The van der Waals surface area contributed by atoms with Crippen LogP contribution in [0.2, 0.25) is 0 Å². The molecule has 1 atom stereocenters. The number of Topliss-reactive ketones (excluding diaryl/α,β-unsaturated/α-hetero) is 1. The number of esters is 2. The van der Waals surface area contributed by atoms with E-state index in [0.29, 0.717) is 24.4 Å². The minimum Gasteiger partial charge on any atom is -0.482 e. The second-order valence-corrected chi connectivity index (χ2v) is 7.49. The van der Waals surface area contributed by atoms with Gasteiger partial charge in [-0.15, -0.1) is 0 Å². The average Bonchev–Trinajstić information content (AvgIpc) is 2.66. The molecule has 0 aliphatic carbocycles. The van der Waals surface area contributed by atoms with E-state index in [-0.39, 0.29) is 18.9 Å². The molecule has 0 bridgehead atoms. The highest BCUT2D eigenvalue weighted by atomic mass is 16.6. The Balaban J connectivity index is 1.96. The maximum absolute atomic E-state index is 12.6. The van der Waals surface area contributed by atoms with Gasteiger partial charge >= 0.3 is 11.9 Å². The summed E-state index contributed by atoms with van der Waals surface area (Å²) in [6.45, 7) is 5.47. The van der Waals surface area contributed by atoms with Crippen LogP contribution in [-0.2, 0) is 23.9 Å². The summed E-state index contributed by atoms with van der Waals surface area (Å²) in [5.41, 5.74) is -0.329. The lowest BCUT2D eigenvalue weighted by atomic mass is 10.1. The summed E-state index contributed by atoms with van der Waals surface area (Å²) in [6.07, 6.45) is 0. The molecule has 158 valence electrons. The number of benzene rings is 1. The first-order valence-corrected chi connectivity index (χ1v) is 9.18. The number of rotatable bonds is 7. The van der Waals surface area contributed by atoms with Gasteiger partial charge in [0.25, 0.3) is 5.91 Å². The summed E-state index contributed by atoms with van der Waals surface area (Å²) in [7, 11) is 1.26. The molecule has 1 aliphatic heterocycles. The zero-order valence-corrected chi connectivity index (χ0v) is 17.0. The van der Waals surface area contributed by atoms with Crippen LogP contribution >= 0.6 is 0 Å². The Kier molecular flexibility index (Phi) is 7.33. The van der Waals surface area contributed by atoms with Crippen LogP contribution in [0.15, 0.2) is 24.3 Å². The van der Waals surface area contributed by atoms with Crippen molar-refractivity contribution in [1.29, 1.82) is 0 Å². The van der Waals surface area contributed by atoms with Gasteiger partial charge in [-0.05, 0) is 45.0 Å². The number of nitrogens with zero attached hydrogens (tertiary/aromatic N) is 1. The first-order chi connectivity index (χ1) is 13.6. The monoisotopic (exact) mass is 406 g/mol. The van der Waals surface area contributed by atoms with Crippen LogP contribution in [-0.4, -0.2) is 73.5 Å². The van der Waals surface area contributed by atoms with Crippen molar-refractivity contribution < 1.29 is 33.4 Å². The summed E-state index contributed by atoms with van der Waals surface area (Å²) in [6, 6.07) is 5.09. The van der Waals surface area contributed by atoms with Crippen LogP contribution in [0.3, 0.4) is 0 Å². The molecule has 1 fully saturated rings. The molecule has 1 unspecified atom stereocenters. The number of carbonyl (C=O) groups is 4. The highest BCUT2D eigenvalue weighted by Gasteiger charge is 2.37. The fraction of sp³-hybridized carbons (Fsp3) is 0.500. The maximum Gasteiger partial charge on any atom is 0.343 e. The Morgan fingerprint density at radius 2 is 1.83 bits per heavy atom. The Hall–Kier alpha value is -2.94. The molecular weight excluding hydrogens is 380 g/mol.